The first-order chi connectivity index (χ1) is 6.71. The maximum Gasteiger partial charge on any atom is 0.309 e. The zero-order chi connectivity index (χ0) is 12.1. The lowest BCUT2D eigenvalue weighted by Gasteiger charge is -2.23. The normalized spacial score (nSPS) is 15.9. The van der Waals surface area contributed by atoms with Crippen molar-refractivity contribution in [3.05, 3.63) is 0 Å². The average Bonchev–Trinajstić information content (AvgIpc) is 2.01. The molecule has 0 aromatic rings. The van der Waals surface area contributed by atoms with Gasteiger partial charge in [-0.3, -0.25) is 4.79 Å². The van der Waals surface area contributed by atoms with E-state index in [4.69, 9.17) is 5.11 Å². The van der Waals surface area contributed by atoms with Gasteiger partial charge in [-0.25, -0.2) is 8.42 Å². The van der Waals surface area contributed by atoms with Crippen molar-refractivity contribution in [2.24, 2.45) is 5.41 Å². The van der Waals surface area contributed by atoms with Crippen LogP contribution in [0.25, 0.3) is 0 Å². The van der Waals surface area contributed by atoms with Crippen LogP contribution >= 0.6 is 0 Å². The van der Waals surface area contributed by atoms with Crippen LogP contribution in [0.3, 0.4) is 0 Å². The largest absolute Gasteiger partial charge is 0.481 e. The fourth-order valence-corrected chi connectivity index (χ4v) is 2.28. The van der Waals surface area contributed by atoms with Crippen LogP contribution < -0.4 is 0 Å². The van der Waals surface area contributed by atoms with E-state index in [9.17, 15) is 13.2 Å². The van der Waals surface area contributed by atoms with Gasteiger partial charge in [0.2, 0.25) is 0 Å². The lowest BCUT2D eigenvalue weighted by Crippen LogP contribution is -2.28. The quantitative estimate of drug-likeness (QED) is 0.730. The maximum absolute atomic E-state index is 11.0. The summed E-state index contributed by atoms with van der Waals surface area (Å²) in [6, 6.07) is 0. The van der Waals surface area contributed by atoms with Gasteiger partial charge < -0.3 is 5.11 Å². The highest BCUT2D eigenvalue weighted by Crippen LogP contribution is 2.29. The third-order valence-electron chi connectivity index (χ3n) is 2.56. The number of carboxylic acid groups (broad SMARTS) is 1. The Hall–Kier alpha value is -0.580. The summed E-state index contributed by atoms with van der Waals surface area (Å²) in [6.45, 7) is 3.61. The minimum absolute atomic E-state index is 0.0690. The van der Waals surface area contributed by atoms with Gasteiger partial charge in [-0.15, -0.1) is 0 Å². The van der Waals surface area contributed by atoms with Crippen molar-refractivity contribution in [1.29, 1.82) is 0 Å². The van der Waals surface area contributed by atoms with E-state index in [1.165, 1.54) is 6.26 Å². The number of aliphatic carboxylic acids is 1. The van der Waals surface area contributed by atoms with E-state index in [0.717, 1.165) is 6.42 Å². The molecular weight excluding hydrogens is 216 g/mol. The highest BCUT2D eigenvalue weighted by Gasteiger charge is 2.31. The Bertz CT molecular complexity index is 307. The zero-order valence-corrected chi connectivity index (χ0v) is 10.4. The van der Waals surface area contributed by atoms with Crippen molar-refractivity contribution < 1.29 is 18.3 Å². The molecule has 1 unspecified atom stereocenters. The van der Waals surface area contributed by atoms with E-state index in [1.54, 1.807) is 6.92 Å². The SMILES string of the molecule is CCCC(C)(CCCS(C)(=O)=O)C(=O)O. The average molecular weight is 236 g/mol. The van der Waals surface area contributed by atoms with Crippen LogP contribution in [0, 0.1) is 5.41 Å². The first-order valence-corrected chi connectivity index (χ1v) is 7.18. The van der Waals surface area contributed by atoms with E-state index in [1.807, 2.05) is 6.92 Å². The summed E-state index contributed by atoms with van der Waals surface area (Å²) in [7, 11) is -2.98. The lowest BCUT2D eigenvalue weighted by molar-refractivity contribution is -0.148. The molecule has 0 aliphatic rings. The Morgan fingerprint density at radius 2 is 1.87 bits per heavy atom. The fourth-order valence-electron chi connectivity index (χ4n) is 1.62. The van der Waals surface area contributed by atoms with Crippen LogP contribution in [-0.2, 0) is 14.6 Å². The molecule has 0 saturated heterocycles. The predicted octanol–water partition coefficient (Wildman–Crippen LogP) is 1.70. The Labute approximate surface area is 91.6 Å². The van der Waals surface area contributed by atoms with Crippen molar-refractivity contribution in [3.63, 3.8) is 0 Å². The van der Waals surface area contributed by atoms with Gasteiger partial charge in [0, 0.05) is 12.0 Å². The van der Waals surface area contributed by atoms with Crippen LogP contribution in [0.2, 0.25) is 0 Å². The molecule has 0 aliphatic heterocycles. The number of hydrogen-bond acceptors (Lipinski definition) is 3. The first-order valence-electron chi connectivity index (χ1n) is 5.12. The molecule has 1 atom stereocenters. The van der Waals surface area contributed by atoms with Gasteiger partial charge in [0.15, 0.2) is 0 Å². The van der Waals surface area contributed by atoms with E-state index in [0.29, 0.717) is 19.3 Å². The summed E-state index contributed by atoms with van der Waals surface area (Å²) in [6.07, 6.45) is 3.39. The summed E-state index contributed by atoms with van der Waals surface area (Å²) in [5, 5.41) is 9.04. The van der Waals surface area contributed by atoms with E-state index in [2.05, 4.69) is 0 Å². The Kier molecular flexibility index (Phi) is 5.28. The number of hydrogen-bond donors (Lipinski definition) is 1. The minimum Gasteiger partial charge on any atom is -0.481 e. The fraction of sp³-hybridized carbons (Fsp3) is 0.900. The van der Waals surface area contributed by atoms with Gasteiger partial charge in [-0.2, -0.15) is 0 Å². The van der Waals surface area contributed by atoms with Crippen LogP contribution in [0.4, 0.5) is 0 Å². The van der Waals surface area contributed by atoms with Crippen molar-refractivity contribution in [2.75, 3.05) is 12.0 Å². The van der Waals surface area contributed by atoms with Crippen molar-refractivity contribution in [1.82, 2.24) is 0 Å². The molecule has 0 aromatic carbocycles. The van der Waals surface area contributed by atoms with Crippen LogP contribution in [-0.4, -0.2) is 31.5 Å². The molecule has 0 radical (unpaired) electrons. The lowest BCUT2D eigenvalue weighted by atomic mass is 9.81. The van der Waals surface area contributed by atoms with Crippen LogP contribution in [0.5, 0.6) is 0 Å². The molecule has 1 N–H and O–H groups in total. The molecule has 0 saturated carbocycles. The van der Waals surface area contributed by atoms with Gasteiger partial charge in [0.1, 0.15) is 9.84 Å². The summed E-state index contributed by atoms with van der Waals surface area (Å²) >= 11 is 0. The van der Waals surface area contributed by atoms with E-state index >= 15 is 0 Å². The second kappa shape index (κ2) is 5.49. The number of sulfone groups is 1. The number of rotatable bonds is 7. The zero-order valence-electron chi connectivity index (χ0n) is 9.62. The molecule has 0 amide bonds. The highest BCUT2D eigenvalue weighted by atomic mass is 32.2. The molecule has 0 aliphatic carbocycles. The summed E-state index contributed by atoms with van der Waals surface area (Å²) in [5.74, 6) is -0.766. The molecule has 5 heteroatoms. The predicted molar refractivity (Wildman–Crippen MR) is 59.6 cm³/mol. The third-order valence-corrected chi connectivity index (χ3v) is 3.59. The monoisotopic (exact) mass is 236 g/mol. The maximum atomic E-state index is 11.0. The molecule has 0 bridgehead atoms. The van der Waals surface area contributed by atoms with E-state index in [-0.39, 0.29) is 5.75 Å². The Balaban J connectivity index is 4.26. The summed E-state index contributed by atoms with van der Waals surface area (Å²) in [4.78, 5) is 11.0. The minimum atomic E-state index is -2.98. The first kappa shape index (κ1) is 14.4. The van der Waals surface area contributed by atoms with Crippen LogP contribution in [0.15, 0.2) is 0 Å². The van der Waals surface area contributed by atoms with Crippen molar-refractivity contribution in [2.45, 2.75) is 39.5 Å². The molecule has 0 rings (SSSR count). The number of carbonyl (C=O) groups is 1. The third kappa shape index (κ3) is 5.77. The van der Waals surface area contributed by atoms with Gasteiger partial charge in [0.05, 0.1) is 5.41 Å². The summed E-state index contributed by atoms with van der Waals surface area (Å²) < 4.78 is 21.8. The Morgan fingerprint density at radius 1 is 1.33 bits per heavy atom. The van der Waals surface area contributed by atoms with Gasteiger partial charge in [0.25, 0.3) is 0 Å². The summed E-state index contributed by atoms with van der Waals surface area (Å²) in [5.41, 5.74) is -0.778. The molecule has 0 fully saturated rings. The van der Waals surface area contributed by atoms with Gasteiger partial charge in [-0.05, 0) is 26.2 Å². The highest BCUT2D eigenvalue weighted by molar-refractivity contribution is 7.90. The van der Waals surface area contributed by atoms with Crippen molar-refractivity contribution >= 4 is 15.8 Å². The Morgan fingerprint density at radius 3 is 2.20 bits per heavy atom. The van der Waals surface area contributed by atoms with Crippen molar-refractivity contribution in [3.8, 4) is 0 Å². The van der Waals surface area contributed by atoms with E-state index < -0.39 is 21.2 Å². The standard InChI is InChI=1S/C10H20O4S/c1-4-6-10(2,9(11)12)7-5-8-15(3,13)14/h4-8H2,1-3H3,(H,11,12). The molecule has 90 valence electrons. The molecular formula is C10H20O4S. The smallest absolute Gasteiger partial charge is 0.309 e. The molecule has 0 spiro atoms. The van der Waals surface area contributed by atoms with Crippen LogP contribution in [0.1, 0.15) is 39.5 Å². The molecule has 0 heterocycles. The molecule has 15 heavy (non-hydrogen) atoms. The van der Waals surface area contributed by atoms with Gasteiger partial charge >= 0.3 is 5.97 Å². The number of carboxylic acids is 1. The second-order valence-electron chi connectivity index (χ2n) is 4.35. The molecule has 4 nitrogen and oxygen atoms in total. The topological polar surface area (TPSA) is 71.4 Å². The van der Waals surface area contributed by atoms with Gasteiger partial charge in [-0.1, -0.05) is 13.3 Å². The second-order valence-corrected chi connectivity index (χ2v) is 6.61. The molecule has 0 aromatic heterocycles.